The summed E-state index contributed by atoms with van der Waals surface area (Å²) in [4.78, 5) is 24.6. The number of ether oxygens (including phenoxy) is 2. The number of fused-ring (bicyclic) bond motifs is 4. The molecule has 1 atom stereocenters. The molecule has 0 saturated carbocycles. The molecule has 4 aromatic carbocycles. The van der Waals surface area contributed by atoms with Crippen molar-refractivity contribution in [3.8, 4) is 11.5 Å². The predicted octanol–water partition coefficient (Wildman–Crippen LogP) is 7.89. The van der Waals surface area contributed by atoms with Gasteiger partial charge in [0, 0.05) is 57.8 Å². The van der Waals surface area contributed by atoms with Crippen molar-refractivity contribution in [1.82, 2.24) is 14.9 Å². The maximum atomic E-state index is 13.2. The second kappa shape index (κ2) is 14.7. The van der Waals surface area contributed by atoms with Crippen LogP contribution >= 0.6 is 23.2 Å². The van der Waals surface area contributed by atoms with Crippen molar-refractivity contribution in [3.63, 3.8) is 0 Å². The van der Waals surface area contributed by atoms with Gasteiger partial charge in [-0.25, -0.2) is 9.97 Å². The first-order valence-corrected chi connectivity index (χ1v) is 16.7. The number of amides is 1. The molecule has 2 aromatic heterocycles. The first-order chi connectivity index (χ1) is 23.2. The maximum Gasteiger partial charge on any atom is 0.239 e. The number of anilines is 2. The van der Waals surface area contributed by atoms with Crippen LogP contribution < -0.4 is 25.8 Å². The lowest BCUT2D eigenvalue weighted by molar-refractivity contribution is -0.132. The van der Waals surface area contributed by atoms with E-state index in [1.807, 2.05) is 77.7 Å². The van der Waals surface area contributed by atoms with Crippen molar-refractivity contribution in [2.75, 3.05) is 51.0 Å². The van der Waals surface area contributed by atoms with Crippen molar-refractivity contribution >= 4 is 84.1 Å². The van der Waals surface area contributed by atoms with Crippen molar-refractivity contribution in [2.45, 2.75) is 25.8 Å². The third kappa shape index (κ3) is 7.13. The van der Waals surface area contributed by atoms with Crippen molar-refractivity contribution in [1.29, 1.82) is 0 Å². The first-order valence-electron chi connectivity index (χ1n) is 15.9. The van der Waals surface area contributed by atoms with Gasteiger partial charge in [-0.05, 0) is 92.6 Å². The molecule has 0 unspecified atom stereocenters. The molecule has 1 amide bonds. The van der Waals surface area contributed by atoms with E-state index in [9.17, 15) is 4.79 Å². The number of rotatable bonds is 13. The average molecular weight is 686 g/mol. The molecule has 0 aliphatic rings. The third-order valence-electron chi connectivity index (χ3n) is 8.40. The highest BCUT2D eigenvalue weighted by Crippen LogP contribution is 2.35. The summed E-state index contributed by atoms with van der Waals surface area (Å²) in [6.07, 6.45) is 1.43. The standard InChI is InChI=1S/C37H38Cl2N6O3/c1-22(40)37(46)45(16-4-14-41-35-27-10-6-23(38)18-33(27)43-31-12-8-25(47-2)20-29(31)35)17-5-15-42-36-28-11-7-24(39)19-34(28)44-32-13-9-26(48-3)21-30(32)36/h6-13,18-22H,4-5,14-17,40H2,1-3H3,(H,41,43)(H,42,44)/t22-/m0/s1. The molecule has 0 fully saturated rings. The van der Waals surface area contributed by atoms with Crippen LogP contribution in [-0.2, 0) is 4.79 Å². The van der Waals surface area contributed by atoms with Gasteiger partial charge in [0.2, 0.25) is 5.91 Å². The van der Waals surface area contributed by atoms with Crippen LogP contribution in [0.4, 0.5) is 11.4 Å². The number of nitrogens with two attached hydrogens (primary N) is 1. The van der Waals surface area contributed by atoms with E-state index in [2.05, 4.69) is 10.6 Å². The number of aromatic nitrogens is 2. The topological polar surface area (TPSA) is 115 Å². The largest absolute Gasteiger partial charge is 0.497 e. The van der Waals surface area contributed by atoms with Gasteiger partial charge in [-0.15, -0.1) is 0 Å². The van der Waals surface area contributed by atoms with E-state index in [-0.39, 0.29) is 5.91 Å². The zero-order chi connectivity index (χ0) is 33.8. The van der Waals surface area contributed by atoms with Crippen LogP contribution in [0.5, 0.6) is 11.5 Å². The van der Waals surface area contributed by atoms with Gasteiger partial charge in [-0.1, -0.05) is 23.2 Å². The van der Waals surface area contributed by atoms with Crippen LogP contribution in [0, 0.1) is 0 Å². The fraction of sp³-hybridized carbons (Fsp3) is 0.270. The van der Waals surface area contributed by atoms with E-state index in [0.717, 1.165) is 79.3 Å². The highest BCUT2D eigenvalue weighted by Gasteiger charge is 2.18. The molecule has 0 aliphatic heterocycles. The second-order valence-electron chi connectivity index (χ2n) is 11.7. The summed E-state index contributed by atoms with van der Waals surface area (Å²) in [6, 6.07) is 22.5. The number of hydrogen-bond acceptors (Lipinski definition) is 8. The Hall–Kier alpha value is -4.57. The van der Waals surface area contributed by atoms with Crippen LogP contribution in [0.15, 0.2) is 72.8 Å². The van der Waals surface area contributed by atoms with Gasteiger partial charge >= 0.3 is 0 Å². The van der Waals surface area contributed by atoms with E-state index >= 15 is 0 Å². The summed E-state index contributed by atoms with van der Waals surface area (Å²) in [5.74, 6) is 1.42. The van der Waals surface area contributed by atoms with Gasteiger partial charge in [-0.2, -0.15) is 0 Å². The number of nitrogens with zero attached hydrogens (tertiary/aromatic N) is 3. The van der Waals surface area contributed by atoms with Gasteiger partial charge in [0.1, 0.15) is 11.5 Å². The summed E-state index contributed by atoms with van der Waals surface area (Å²) in [5.41, 5.74) is 11.3. The highest BCUT2D eigenvalue weighted by molar-refractivity contribution is 6.32. The summed E-state index contributed by atoms with van der Waals surface area (Å²) in [6.45, 7) is 4.11. The molecule has 4 N–H and O–H groups in total. The van der Waals surface area contributed by atoms with Crippen LogP contribution in [-0.4, -0.2) is 67.2 Å². The molecule has 2 heterocycles. The number of hydrogen-bond donors (Lipinski definition) is 3. The van der Waals surface area contributed by atoms with Crippen LogP contribution in [0.1, 0.15) is 19.8 Å². The van der Waals surface area contributed by atoms with Crippen molar-refractivity contribution in [3.05, 3.63) is 82.8 Å². The number of methoxy groups -OCH3 is 2. The lowest BCUT2D eigenvalue weighted by atomic mass is 10.1. The van der Waals surface area contributed by atoms with Gasteiger partial charge < -0.3 is 30.7 Å². The van der Waals surface area contributed by atoms with Gasteiger partial charge in [0.25, 0.3) is 0 Å². The normalized spacial score (nSPS) is 12.0. The van der Waals surface area contributed by atoms with Crippen LogP contribution in [0.2, 0.25) is 10.0 Å². The van der Waals surface area contributed by atoms with Gasteiger partial charge in [0.15, 0.2) is 0 Å². The fourth-order valence-corrected chi connectivity index (χ4v) is 6.35. The Kier molecular flexibility index (Phi) is 10.2. The number of benzene rings is 4. The number of pyridine rings is 2. The Morgan fingerprint density at radius 1 is 0.708 bits per heavy atom. The molecular formula is C37H38Cl2N6O3. The van der Waals surface area contributed by atoms with Crippen LogP contribution in [0.25, 0.3) is 43.6 Å². The molecule has 0 radical (unpaired) electrons. The van der Waals surface area contributed by atoms with Crippen molar-refractivity contribution in [2.24, 2.45) is 5.73 Å². The third-order valence-corrected chi connectivity index (χ3v) is 8.87. The fourth-order valence-electron chi connectivity index (χ4n) is 6.01. The zero-order valence-electron chi connectivity index (χ0n) is 27.1. The molecule has 0 spiro atoms. The Morgan fingerprint density at radius 3 is 1.58 bits per heavy atom. The lowest BCUT2D eigenvalue weighted by Crippen LogP contribution is -2.43. The number of halogens is 2. The minimum absolute atomic E-state index is 0.0756. The van der Waals surface area contributed by atoms with Crippen LogP contribution in [0.3, 0.4) is 0 Å². The maximum absolute atomic E-state index is 13.2. The van der Waals surface area contributed by atoms with E-state index < -0.39 is 6.04 Å². The molecule has 9 nitrogen and oxygen atoms in total. The molecule has 48 heavy (non-hydrogen) atoms. The molecule has 11 heteroatoms. The SMILES string of the molecule is COc1ccc2nc3cc(Cl)ccc3c(NCCCN(CCCNc3c4ccc(Cl)cc4nc4ccc(OC)cc34)C(=O)[C@H](C)N)c2c1. The predicted molar refractivity (Wildman–Crippen MR) is 198 cm³/mol. The second-order valence-corrected chi connectivity index (χ2v) is 12.6. The first kappa shape index (κ1) is 33.3. The number of carbonyl (C=O) groups excluding carboxylic acids is 1. The van der Waals surface area contributed by atoms with E-state index in [4.69, 9.17) is 48.4 Å². The summed E-state index contributed by atoms with van der Waals surface area (Å²) in [7, 11) is 3.30. The van der Waals surface area contributed by atoms with Crippen molar-refractivity contribution < 1.29 is 14.3 Å². The molecule has 0 saturated heterocycles. The molecular weight excluding hydrogens is 647 g/mol. The Bertz CT molecular complexity index is 1980. The van der Waals surface area contributed by atoms with E-state index in [1.165, 1.54) is 0 Å². The highest BCUT2D eigenvalue weighted by atomic mass is 35.5. The minimum Gasteiger partial charge on any atom is -0.497 e. The smallest absolute Gasteiger partial charge is 0.239 e. The molecule has 0 aliphatic carbocycles. The Labute approximate surface area is 289 Å². The number of carbonyl (C=O) groups is 1. The van der Waals surface area contributed by atoms with E-state index in [1.54, 1.807) is 21.1 Å². The Morgan fingerprint density at radius 2 is 1.17 bits per heavy atom. The molecule has 6 aromatic rings. The monoisotopic (exact) mass is 684 g/mol. The van der Waals surface area contributed by atoms with Gasteiger partial charge in [0.05, 0.1) is 53.7 Å². The zero-order valence-corrected chi connectivity index (χ0v) is 28.7. The molecule has 248 valence electrons. The lowest BCUT2D eigenvalue weighted by Gasteiger charge is -2.25. The molecule has 6 rings (SSSR count). The van der Waals surface area contributed by atoms with Gasteiger partial charge in [-0.3, -0.25) is 4.79 Å². The van der Waals surface area contributed by atoms with E-state index in [0.29, 0.717) is 36.2 Å². The summed E-state index contributed by atoms with van der Waals surface area (Å²) >= 11 is 12.6. The minimum atomic E-state index is -0.596. The quantitative estimate of drug-likeness (QED) is 0.0831. The molecule has 0 bridgehead atoms. The summed E-state index contributed by atoms with van der Waals surface area (Å²) < 4.78 is 11.0. The number of nitrogens with one attached hydrogen (secondary N) is 2. The Balaban J connectivity index is 1.15. The summed E-state index contributed by atoms with van der Waals surface area (Å²) in [5, 5.41) is 12.3. The average Bonchev–Trinajstić information content (AvgIpc) is 3.08.